The summed E-state index contributed by atoms with van der Waals surface area (Å²) in [5, 5.41) is 0. The van der Waals surface area contributed by atoms with Gasteiger partial charge < -0.3 is 17.2 Å². The van der Waals surface area contributed by atoms with Gasteiger partial charge in [0.15, 0.2) is 0 Å². The van der Waals surface area contributed by atoms with Crippen molar-refractivity contribution < 1.29 is 0 Å². The Bertz CT molecular complexity index is 242. The highest BCUT2D eigenvalue weighted by molar-refractivity contribution is 4.91. The van der Waals surface area contributed by atoms with Gasteiger partial charge in [-0.3, -0.25) is 0 Å². The molecular formula is C15H31N3. The van der Waals surface area contributed by atoms with E-state index in [4.69, 9.17) is 17.2 Å². The Labute approximate surface area is 112 Å². The fraction of sp³-hybridized carbons (Fsp3) is 1.00. The van der Waals surface area contributed by atoms with Gasteiger partial charge in [-0.25, -0.2) is 0 Å². The lowest BCUT2D eigenvalue weighted by Gasteiger charge is -2.41. The standard InChI is InChI=1S/C15H31N3/c1-9-7-11(3-5-13(9)16)15(18)12-4-6-14(17)10(2)8-12/h9-15H,3-8,16-18H2,1-2H3. The molecule has 0 spiro atoms. The lowest BCUT2D eigenvalue weighted by molar-refractivity contribution is 0.142. The summed E-state index contributed by atoms with van der Waals surface area (Å²) in [6.45, 7) is 4.56. The first-order valence-electron chi connectivity index (χ1n) is 7.75. The number of nitrogens with two attached hydrogens (primary N) is 3. The summed E-state index contributed by atoms with van der Waals surface area (Å²) in [5.74, 6) is 2.65. The molecule has 0 aromatic carbocycles. The molecule has 0 aromatic rings. The van der Waals surface area contributed by atoms with Crippen LogP contribution in [0, 0.1) is 23.7 Å². The van der Waals surface area contributed by atoms with Gasteiger partial charge in [-0.05, 0) is 62.2 Å². The van der Waals surface area contributed by atoms with Crippen LogP contribution in [0.15, 0.2) is 0 Å². The summed E-state index contributed by atoms with van der Waals surface area (Å²) in [6, 6.07) is 1.16. The van der Waals surface area contributed by atoms with Crippen molar-refractivity contribution in [1.29, 1.82) is 0 Å². The van der Waals surface area contributed by atoms with Crippen LogP contribution >= 0.6 is 0 Å². The van der Waals surface area contributed by atoms with Gasteiger partial charge in [0, 0.05) is 18.1 Å². The third-order valence-corrected chi connectivity index (χ3v) is 5.64. The molecule has 0 aliphatic heterocycles. The molecule has 0 amide bonds. The van der Waals surface area contributed by atoms with E-state index < -0.39 is 0 Å². The Morgan fingerprint density at radius 3 is 1.50 bits per heavy atom. The van der Waals surface area contributed by atoms with E-state index in [9.17, 15) is 0 Å². The zero-order valence-corrected chi connectivity index (χ0v) is 12.0. The van der Waals surface area contributed by atoms with Crippen molar-refractivity contribution in [2.45, 2.75) is 70.5 Å². The molecular weight excluding hydrogens is 222 g/mol. The van der Waals surface area contributed by atoms with Crippen molar-refractivity contribution >= 4 is 0 Å². The molecule has 3 nitrogen and oxygen atoms in total. The monoisotopic (exact) mass is 253 g/mol. The molecule has 6 N–H and O–H groups in total. The summed E-state index contributed by atoms with van der Waals surface area (Å²) in [5.41, 5.74) is 18.8. The summed E-state index contributed by atoms with van der Waals surface area (Å²) >= 11 is 0. The predicted octanol–water partition coefficient (Wildman–Crippen LogP) is 1.84. The van der Waals surface area contributed by atoms with Crippen LogP contribution in [0.4, 0.5) is 0 Å². The van der Waals surface area contributed by atoms with E-state index in [0.29, 0.717) is 41.8 Å². The molecule has 0 heterocycles. The quantitative estimate of drug-likeness (QED) is 0.702. The Hall–Kier alpha value is -0.120. The molecule has 6 atom stereocenters. The molecule has 0 bridgehead atoms. The van der Waals surface area contributed by atoms with E-state index in [1.54, 1.807) is 0 Å². The topological polar surface area (TPSA) is 78.1 Å². The minimum atomic E-state index is 0.370. The lowest BCUT2D eigenvalue weighted by atomic mass is 9.68. The van der Waals surface area contributed by atoms with Crippen LogP contribution in [0.25, 0.3) is 0 Å². The van der Waals surface area contributed by atoms with E-state index in [-0.39, 0.29) is 0 Å². The zero-order valence-electron chi connectivity index (χ0n) is 12.0. The minimum absolute atomic E-state index is 0.370. The first kappa shape index (κ1) is 14.3. The molecule has 2 saturated carbocycles. The van der Waals surface area contributed by atoms with Gasteiger partial charge in [0.05, 0.1) is 0 Å². The SMILES string of the molecule is CC1CC(C(N)C2CCC(N)C(C)C2)CCC1N. The second-order valence-corrected chi connectivity index (χ2v) is 7.01. The van der Waals surface area contributed by atoms with Crippen molar-refractivity contribution in [3.63, 3.8) is 0 Å². The molecule has 0 radical (unpaired) electrons. The molecule has 2 rings (SSSR count). The van der Waals surface area contributed by atoms with Crippen molar-refractivity contribution in [3.8, 4) is 0 Å². The molecule has 2 aliphatic rings. The summed E-state index contributed by atoms with van der Waals surface area (Å²) in [6.07, 6.45) is 7.20. The Morgan fingerprint density at radius 1 is 0.778 bits per heavy atom. The first-order valence-corrected chi connectivity index (χ1v) is 7.75. The van der Waals surface area contributed by atoms with Crippen LogP contribution in [0.1, 0.15) is 52.4 Å². The number of hydrogen-bond donors (Lipinski definition) is 3. The van der Waals surface area contributed by atoms with Crippen molar-refractivity contribution in [2.75, 3.05) is 0 Å². The van der Waals surface area contributed by atoms with Gasteiger partial charge in [-0.2, -0.15) is 0 Å². The second kappa shape index (κ2) is 5.89. The van der Waals surface area contributed by atoms with Crippen LogP contribution < -0.4 is 17.2 Å². The second-order valence-electron chi connectivity index (χ2n) is 7.01. The number of rotatable bonds is 2. The van der Waals surface area contributed by atoms with Crippen LogP contribution in [0.5, 0.6) is 0 Å². The van der Waals surface area contributed by atoms with Gasteiger partial charge in [-0.15, -0.1) is 0 Å². The van der Waals surface area contributed by atoms with Gasteiger partial charge in [0.2, 0.25) is 0 Å². The van der Waals surface area contributed by atoms with Gasteiger partial charge in [-0.1, -0.05) is 13.8 Å². The molecule has 2 aliphatic carbocycles. The molecule has 6 unspecified atom stereocenters. The third kappa shape index (κ3) is 3.06. The van der Waals surface area contributed by atoms with Crippen LogP contribution in [-0.2, 0) is 0 Å². The van der Waals surface area contributed by atoms with E-state index in [1.165, 1.54) is 25.7 Å². The molecule has 18 heavy (non-hydrogen) atoms. The largest absolute Gasteiger partial charge is 0.327 e. The predicted molar refractivity (Wildman–Crippen MR) is 76.9 cm³/mol. The third-order valence-electron chi connectivity index (χ3n) is 5.64. The molecule has 0 saturated heterocycles. The molecule has 3 heteroatoms. The highest BCUT2D eigenvalue weighted by Gasteiger charge is 2.35. The van der Waals surface area contributed by atoms with Crippen LogP contribution in [-0.4, -0.2) is 18.1 Å². The van der Waals surface area contributed by atoms with Gasteiger partial charge >= 0.3 is 0 Å². The molecule has 0 aromatic heterocycles. The molecule has 2 fully saturated rings. The Balaban J connectivity index is 1.89. The Kier molecular flexibility index (Phi) is 4.68. The van der Waals surface area contributed by atoms with E-state index >= 15 is 0 Å². The Morgan fingerprint density at radius 2 is 1.17 bits per heavy atom. The maximum absolute atomic E-state index is 6.56. The van der Waals surface area contributed by atoms with E-state index in [2.05, 4.69) is 13.8 Å². The average molecular weight is 253 g/mol. The minimum Gasteiger partial charge on any atom is -0.327 e. The van der Waals surface area contributed by atoms with Crippen molar-refractivity contribution in [3.05, 3.63) is 0 Å². The maximum Gasteiger partial charge on any atom is 0.00958 e. The average Bonchev–Trinajstić information content (AvgIpc) is 2.35. The van der Waals surface area contributed by atoms with Gasteiger partial charge in [0.25, 0.3) is 0 Å². The van der Waals surface area contributed by atoms with E-state index in [0.717, 1.165) is 12.8 Å². The summed E-state index contributed by atoms with van der Waals surface area (Å²) in [4.78, 5) is 0. The summed E-state index contributed by atoms with van der Waals surface area (Å²) < 4.78 is 0. The molecule has 106 valence electrons. The smallest absolute Gasteiger partial charge is 0.00958 e. The highest BCUT2D eigenvalue weighted by atomic mass is 14.7. The van der Waals surface area contributed by atoms with Crippen molar-refractivity contribution in [1.82, 2.24) is 0 Å². The lowest BCUT2D eigenvalue weighted by Crippen LogP contribution is -2.47. The normalized spacial score (nSPS) is 47.8. The highest BCUT2D eigenvalue weighted by Crippen LogP contribution is 2.37. The van der Waals surface area contributed by atoms with Crippen molar-refractivity contribution in [2.24, 2.45) is 40.9 Å². The fourth-order valence-corrected chi connectivity index (χ4v) is 4.01. The fourth-order valence-electron chi connectivity index (χ4n) is 4.01. The summed E-state index contributed by atoms with van der Waals surface area (Å²) in [7, 11) is 0. The zero-order chi connectivity index (χ0) is 13.3. The number of hydrogen-bond acceptors (Lipinski definition) is 3. The van der Waals surface area contributed by atoms with E-state index in [1.807, 2.05) is 0 Å². The van der Waals surface area contributed by atoms with Crippen LogP contribution in [0.3, 0.4) is 0 Å². The van der Waals surface area contributed by atoms with Crippen LogP contribution in [0.2, 0.25) is 0 Å². The first-order chi connectivity index (χ1) is 8.49. The maximum atomic E-state index is 6.56. The van der Waals surface area contributed by atoms with Gasteiger partial charge in [0.1, 0.15) is 0 Å².